The van der Waals surface area contributed by atoms with Gasteiger partial charge in [0.15, 0.2) is 0 Å². The summed E-state index contributed by atoms with van der Waals surface area (Å²) in [6.45, 7) is 12.9. The van der Waals surface area contributed by atoms with Gasteiger partial charge < -0.3 is 47.4 Å². The largest absolute Gasteiger partial charge is 0.512 e. The Bertz CT molecular complexity index is 1360. The number of nitrogens with one attached hydrogen (secondary N) is 3. The van der Waals surface area contributed by atoms with Gasteiger partial charge in [0.1, 0.15) is 18.3 Å². The van der Waals surface area contributed by atoms with E-state index < -0.39 is 12.2 Å². The molecule has 4 fully saturated rings. The van der Waals surface area contributed by atoms with E-state index in [1.807, 2.05) is 0 Å². The smallest absolute Gasteiger partial charge is 0.446 e. The zero-order valence-corrected chi connectivity index (χ0v) is 39.4. The van der Waals surface area contributed by atoms with Crippen LogP contribution in [0.1, 0.15) is 169 Å². The van der Waals surface area contributed by atoms with Crippen LogP contribution in [-0.2, 0) is 19.0 Å². The molecule has 0 radical (unpaired) electrons. The van der Waals surface area contributed by atoms with Crippen molar-refractivity contribution in [3.63, 3.8) is 0 Å². The van der Waals surface area contributed by atoms with Gasteiger partial charge in [0.05, 0.1) is 6.54 Å². The van der Waals surface area contributed by atoms with E-state index in [4.69, 9.17) is 31.4 Å². The zero-order chi connectivity index (χ0) is 45.0. The van der Waals surface area contributed by atoms with Gasteiger partial charge >= 0.3 is 18.3 Å². The van der Waals surface area contributed by atoms with Crippen molar-refractivity contribution in [2.24, 2.45) is 63.5 Å². The predicted octanol–water partition coefficient (Wildman–Crippen LogP) is 6.62. The third kappa shape index (κ3) is 14.7. The first-order chi connectivity index (χ1) is 29.9. The summed E-state index contributed by atoms with van der Waals surface area (Å²) in [6, 6.07) is 0. The minimum absolute atomic E-state index is 0.0660. The summed E-state index contributed by atoms with van der Waals surface area (Å²) < 4.78 is 19.1. The van der Waals surface area contributed by atoms with E-state index in [9.17, 15) is 19.2 Å². The van der Waals surface area contributed by atoms with Gasteiger partial charge in [0.25, 0.3) is 0 Å². The van der Waals surface area contributed by atoms with Crippen LogP contribution in [0.4, 0.5) is 14.4 Å². The van der Waals surface area contributed by atoms with E-state index in [0.29, 0.717) is 84.2 Å². The summed E-state index contributed by atoms with van der Waals surface area (Å²) in [7, 11) is 0. The third-order valence-corrected chi connectivity index (χ3v) is 15.9. The van der Waals surface area contributed by atoms with E-state index in [2.05, 4.69) is 43.6 Å². The Morgan fingerprint density at radius 1 is 0.694 bits per heavy atom. The van der Waals surface area contributed by atoms with Crippen molar-refractivity contribution < 1.29 is 38.7 Å². The molecule has 14 nitrogen and oxygen atoms in total. The number of carbonyl (C=O) groups is 4. The quantitative estimate of drug-likeness (QED) is 0.0345. The second-order valence-electron chi connectivity index (χ2n) is 20.0. The molecular formula is C48H90N7O7+. The maximum absolute atomic E-state index is 13.6. The average molecular weight is 877 g/mol. The number of carbonyl (C=O) groups excluding carboxylic acids is 4. The summed E-state index contributed by atoms with van der Waals surface area (Å²) in [6.07, 6.45) is 19.4. The number of unbranched alkanes of at least 4 members (excludes halogenated alkanes) is 9. The van der Waals surface area contributed by atoms with Gasteiger partial charge in [-0.1, -0.05) is 85.5 Å². The maximum atomic E-state index is 13.6. The van der Waals surface area contributed by atoms with Gasteiger partial charge in [0.2, 0.25) is 5.91 Å². The van der Waals surface area contributed by atoms with E-state index >= 15 is 0 Å². The monoisotopic (exact) mass is 877 g/mol. The molecule has 0 bridgehead atoms. The van der Waals surface area contributed by atoms with Crippen molar-refractivity contribution in [1.29, 1.82) is 0 Å². The summed E-state index contributed by atoms with van der Waals surface area (Å²) >= 11 is 0. The molecular weight excluding hydrogens is 787 g/mol. The number of quaternary nitrogens is 1. The summed E-state index contributed by atoms with van der Waals surface area (Å²) in [5.74, 6) is 1.01. The van der Waals surface area contributed by atoms with Crippen LogP contribution >= 0.6 is 0 Å². The Labute approximate surface area is 374 Å². The standard InChI is InChI=1S/C48H89N7O7/c1-5-6-7-8-9-10-11-12-13-14-27-52-42(56)21-18-34(2)37-19-20-38-43-39(33-41(48(37,38)4)62-46(59)55-30-17-26-51)47(3)23-22-36(60-44(57)53-28-15-24-49)31-35(47)32-40(43)61-45(58)54-29-16-25-50/h34-41,43H,5-33,49-51H2,1-4H3,(H,52,56)(H,53,57)(H,54,58)(H,55,59)/p+1/t34-,35?,36?,37-,38+,39+,40-,41+,43+,47+,48-/m1/s1. The topological polar surface area (TPSA) is 227 Å². The highest BCUT2D eigenvalue weighted by molar-refractivity contribution is 5.75. The summed E-state index contributed by atoms with van der Waals surface area (Å²) in [5, 5.41) is 10.6. The van der Waals surface area contributed by atoms with Gasteiger partial charge in [-0.25, -0.2) is 14.9 Å². The molecule has 0 spiro atoms. The highest BCUT2D eigenvalue weighted by Gasteiger charge is 2.68. The first-order valence-electron chi connectivity index (χ1n) is 25.2. The van der Waals surface area contributed by atoms with Crippen molar-refractivity contribution in [2.45, 2.75) is 187 Å². The molecule has 4 aliphatic carbocycles. The average Bonchev–Trinajstić information content (AvgIpc) is 3.61. The molecule has 62 heavy (non-hydrogen) atoms. The normalized spacial score (nSPS) is 30.6. The SMILES string of the molecule is CCCCCCCCCCCCNC(=O)CC[C@@H](C)[C@H]1CC[C@H]2[C@@H]3[C@H](OC(=O)NCCCN)CC4CC(OC(=O)NCCCN)CC[C@]4(C)[C@H]3C[C@H](OC(=O)[NH2+]CCCN)[C@]12C. The fourth-order valence-corrected chi connectivity index (χ4v) is 12.4. The third-order valence-electron chi connectivity index (χ3n) is 15.9. The first kappa shape index (κ1) is 51.9. The van der Waals surface area contributed by atoms with Crippen LogP contribution in [-0.4, -0.2) is 88.3 Å². The Hall–Kier alpha value is -2.68. The molecule has 4 saturated carbocycles. The number of primary amides is 1. The molecule has 4 aliphatic rings. The van der Waals surface area contributed by atoms with Crippen LogP contribution in [0, 0.1) is 46.3 Å². The van der Waals surface area contributed by atoms with Crippen molar-refractivity contribution in [1.82, 2.24) is 16.0 Å². The number of nitrogens with two attached hydrogens (primary N) is 4. The highest BCUT2D eigenvalue weighted by atomic mass is 16.6. The van der Waals surface area contributed by atoms with E-state index in [0.717, 1.165) is 51.5 Å². The van der Waals surface area contributed by atoms with Gasteiger partial charge in [-0.05, 0) is 125 Å². The van der Waals surface area contributed by atoms with Crippen molar-refractivity contribution in [3.05, 3.63) is 0 Å². The fraction of sp³-hybridized carbons (Fsp3) is 0.917. The number of hydrogen-bond donors (Lipinski definition) is 7. The minimum Gasteiger partial charge on any atom is -0.446 e. The Balaban J connectivity index is 1.49. The predicted molar refractivity (Wildman–Crippen MR) is 244 cm³/mol. The molecule has 4 rings (SSSR count). The van der Waals surface area contributed by atoms with Crippen LogP contribution in [0.3, 0.4) is 0 Å². The number of rotatable bonds is 27. The molecule has 0 aromatic carbocycles. The zero-order valence-electron chi connectivity index (χ0n) is 39.4. The lowest BCUT2D eigenvalue weighted by atomic mass is 9.43. The molecule has 2 unspecified atom stereocenters. The van der Waals surface area contributed by atoms with Gasteiger partial charge in [-0.3, -0.25) is 4.79 Å². The van der Waals surface area contributed by atoms with Crippen molar-refractivity contribution >= 4 is 24.2 Å². The summed E-state index contributed by atoms with van der Waals surface area (Å²) in [4.78, 5) is 53.0. The molecule has 4 amide bonds. The van der Waals surface area contributed by atoms with Gasteiger partial charge in [-0.15, -0.1) is 0 Å². The molecule has 0 aliphatic heterocycles. The lowest BCUT2D eigenvalue weighted by Crippen LogP contribution is -2.88. The summed E-state index contributed by atoms with van der Waals surface area (Å²) in [5.41, 5.74) is 16.6. The van der Waals surface area contributed by atoms with Crippen LogP contribution in [0.15, 0.2) is 0 Å². The van der Waals surface area contributed by atoms with E-state index in [1.54, 1.807) is 5.32 Å². The Morgan fingerprint density at radius 2 is 1.31 bits per heavy atom. The molecule has 358 valence electrons. The molecule has 14 heteroatoms. The molecule has 0 saturated heterocycles. The number of alkyl carbamates (subject to hydrolysis) is 2. The second-order valence-corrected chi connectivity index (χ2v) is 20.0. The van der Waals surface area contributed by atoms with Crippen molar-refractivity contribution in [3.8, 4) is 0 Å². The maximum Gasteiger partial charge on any atom is 0.512 e. The van der Waals surface area contributed by atoms with Gasteiger partial charge in [0, 0.05) is 43.8 Å². The molecule has 0 aromatic heterocycles. The molecule has 11 atom stereocenters. The molecule has 11 N–H and O–H groups in total. The van der Waals surface area contributed by atoms with E-state index in [-0.39, 0.29) is 76.6 Å². The van der Waals surface area contributed by atoms with Crippen LogP contribution in [0.5, 0.6) is 0 Å². The van der Waals surface area contributed by atoms with Crippen LogP contribution in [0.2, 0.25) is 0 Å². The Kier molecular flexibility index (Phi) is 22.6. The van der Waals surface area contributed by atoms with E-state index in [1.165, 1.54) is 51.4 Å². The second kappa shape index (κ2) is 27.0. The first-order valence-corrected chi connectivity index (χ1v) is 25.2. The minimum atomic E-state index is -0.426. The number of hydrogen-bond acceptors (Lipinski definition) is 10. The Morgan fingerprint density at radius 3 is 1.95 bits per heavy atom. The van der Waals surface area contributed by atoms with Gasteiger partial charge in [-0.2, -0.15) is 4.79 Å². The fourth-order valence-electron chi connectivity index (χ4n) is 12.4. The number of fused-ring (bicyclic) bond motifs is 5. The lowest BCUT2D eigenvalue weighted by molar-refractivity contribution is -0.572. The van der Waals surface area contributed by atoms with Crippen LogP contribution < -0.4 is 38.5 Å². The molecule has 0 aromatic rings. The van der Waals surface area contributed by atoms with Crippen molar-refractivity contribution in [2.75, 3.05) is 45.8 Å². The number of amides is 4. The lowest BCUT2D eigenvalue weighted by Gasteiger charge is -2.64. The molecule has 0 heterocycles. The van der Waals surface area contributed by atoms with Crippen LogP contribution in [0.25, 0.3) is 0 Å². The highest BCUT2D eigenvalue weighted by Crippen LogP contribution is 2.69. The number of ether oxygens (including phenoxy) is 3.